The van der Waals surface area contributed by atoms with E-state index in [-0.39, 0.29) is 24.1 Å². The second-order valence-electron chi connectivity index (χ2n) is 7.28. The standard InChI is InChI=1S/C23H26BrN5O3S/c1-4-16-5-11-19(12-6-16)32-15(2)22(31)25-13-20-27-28-23(29(20)3)33-14-21(30)26-18-9-7-17(24)8-10-18/h5-12,15H,4,13-14H2,1-3H3,(H,25,31)(H,26,30)/t15-/m0/s1. The molecule has 0 fully saturated rings. The Morgan fingerprint density at radius 1 is 1.12 bits per heavy atom. The summed E-state index contributed by atoms with van der Waals surface area (Å²) in [7, 11) is 1.80. The van der Waals surface area contributed by atoms with Crippen molar-refractivity contribution >= 4 is 45.2 Å². The first-order valence-corrected chi connectivity index (χ1v) is 12.2. The number of benzene rings is 2. The number of thioether (sulfide) groups is 1. The van der Waals surface area contributed by atoms with Crippen molar-refractivity contribution in [3.63, 3.8) is 0 Å². The molecule has 0 saturated heterocycles. The van der Waals surface area contributed by atoms with E-state index in [9.17, 15) is 9.59 Å². The molecule has 2 amide bonds. The highest BCUT2D eigenvalue weighted by Gasteiger charge is 2.17. The van der Waals surface area contributed by atoms with Crippen molar-refractivity contribution in [3.05, 3.63) is 64.4 Å². The van der Waals surface area contributed by atoms with Crippen LogP contribution in [0.2, 0.25) is 0 Å². The number of carbonyl (C=O) groups excluding carboxylic acids is 2. The number of aromatic nitrogens is 3. The SMILES string of the molecule is CCc1ccc(O[C@@H](C)C(=O)NCc2nnc(SCC(=O)Nc3ccc(Br)cc3)n2C)cc1. The molecule has 0 aliphatic carbocycles. The highest BCUT2D eigenvalue weighted by Crippen LogP contribution is 2.18. The van der Waals surface area contributed by atoms with Gasteiger partial charge in [0, 0.05) is 17.2 Å². The number of amides is 2. The van der Waals surface area contributed by atoms with Crippen molar-refractivity contribution in [2.45, 2.75) is 38.1 Å². The van der Waals surface area contributed by atoms with E-state index in [0.717, 1.165) is 16.6 Å². The molecule has 1 aromatic heterocycles. The number of hydrogen-bond acceptors (Lipinski definition) is 6. The first kappa shape index (κ1) is 24.8. The maximum atomic E-state index is 12.4. The topological polar surface area (TPSA) is 98.1 Å². The summed E-state index contributed by atoms with van der Waals surface area (Å²) < 4.78 is 8.42. The van der Waals surface area contributed by atoms with Crippen LogP contribution in [0.25, 0.3) is 0 Å². The molecule has 0 unspecified atom stereocenters. The fourth-order valence-electron chi connectivity index (χ4n) is 2.86. The third kappa shape index (κ3) is 7.33. The highest BCUT2D eigenvalue weighted by molar-refractivity contribution is 9.10. The quantitative estimate of drug-likeness (QED) is 0.384. The van der Waals surface area contributed by atoms with Crippen LogP contribution in [0.4, 0.5) is 5.69 Å². The zero-order valence-corrected chi connectivity index (χ0v) is 21.1. The Morgan fingerprint density at radius 2 is 1.82 bits per heavy atom. The molecule has 1 heterocycles. The number of hydrogen-bond donors (Lipinski definition) is 2. The summed E-state index contributed by atoms with van der Waals surface area (Å²) in [5, 5.41) is 14.5. The molecule has 0 bridgehead atoms. The average molecular weight is 532 g/mol. The maximum absolute atomic E-state index is 12.4. The zero-order valence-electron chi connectivity index (χ0n) is 18.7. The Kier molecular flexibility index (Phi) is 8.90. The van der Waals surface area contributed by atoms with Crippen LogP contribution >= 0.6 is 27.7 Å². The van der Waals surface area contributed by atoms with Gasteiger partial charge in [-0.05, 0) is 55.3 Å². The molecule has 0 saturated carbocycles. The van der Waals surface area contributed by atoms with Gasteiger partial charge in [-0.2, -0.15) is 0 Å². The normalized spacial score (nSPS) is 11.6. The van der Waals surface area contributed by atoms with Gasteiger partial charge in [0.1, 0.15) is 5.75 Å². The van der Waals surface area contributed by atoms with E-state index in [1.807, 2.05) is 48.5 Å². The minimum absolute atomic E-state index is 0.141. The van der Waals surface area contributed by atoms with E-state index in [1.54, 1.807) is 18.5 Å². The van der Waals surface area contributed by atoms with Crippen LogP contribution in [0.5, 0.6) is 5.75 Å². The molecule has 0 radical (unpaired) electrons. The van der Waals surface area contributed by atoms with Gasteiger partial charge in [-0.15, -0.1) is 10.2 Å². The summed E-state index contributed by atoms with van der Waals surface area (Å²) in [4.78, 5) is 24.6. The van der Waals surface area contributed by atoms with Crippen LogP contribution in [0.1, 0.15) is 25.2 Å². The lowest BCUT2D eigenvalue weighted by Crippen LogP contribution is -2.36. The van der Waals surface area contributed by atoms with Gasteiger partial charge in [-0.1, -0.05) is 46.7 Å². The van der Waals surface area contributed by atoms with Gasteiger partial charge in [0.2, 0.25) is 5.91 Å². The lowest BCUT2D eigenvalue weighted by Gasteiger charge is -2.15. The Morgan fingerprint density at radius 3 is 2.48 bits per heavy atom. The molecule has 10 heteroatoms. The predicted molar refractivity (Wildman–Crippen MR) is 132 cm³/mol. The van der Waals surface area contributed by atoms with Crippen molar-refractivity contribution in [3.8, 4) is 5.75 Å². The predicted octanol–water partition coefficient (Wildman–Crippen LogP) is 3.95. The zero-order chi connectivity index (χ0) is 23.8. The van der Waals surface area contributed by atoms with Gasteiger partial charge in [0.25, 0.3) is 5.91 Å². The van der Waals surface area contributed by atoms with E-state index >= 15 is 0 Å². The maximum Gasteiger partial charge on any atom is 0.261 e. The van der Waals surface area contributed by atoms with E-state index in [2.05, 4.69) is 43.7 Å². The highest BCUT2D eigenvalue weighted by atomic mass is 79.9. The Bertz CT molecular complexity index is 1090. The van der Waals surface area contributed by atoms with Crippen LogP contribution < -0.4 is 15.4 Å². The molecule has 1 atom stereocenters. The molecular weight excluding hydrogens is 506 g/mol. The van der Waals surface area contributed by atoms with Crippen molar-refractivity contribution in [2.24, 2.45) is 7.05 Å². The second-order valence-corrected chi connectivity index (χ2v) is 9.14. The van der Waals surface area contributed by atoms with Gasteiger partial charge >= 0.3 is 0 Å². The number of ether oxygens (including phenoxy) is 1. The molecule has 0 aliphatic rings. The number of carbonyl (C=O) groups is 2. The molecule has 0 spiro atoms. The van der Waals surface area contributed by atoms with E-state index in [0.29, 0.717) is 16.7 Å². The average Bonchev–Trinajstić information content (AvgIpc) is 3.17. The lowest BCUT2D eigenvalue weighted by molar-refractivity contribution is -0.127. The summed E-state index contributed by atoms with van der Waals surface area (Å²) in [6, 6.07) is 15.1. The summed E-state index contributed by atoms with van der Waals surface area (Å²) in [6.07, 6.45) is 0.298. The smallest absolute Gasteiger partial charge is 0.261 e. The Balaban J connectivity index is 1.46. The van der Waals surface area contributed by atoms with Crippen LogP contribution in [0, 0.1) is 0 Å². The van der Waals surface area contributed by atoms with Crippen molar-refractivity contribution in [2.75, 3.05) is 11.1 Å². The third-order valence-electron chi connectivity index (χ3n) is 4.82. The molecule has 2 N–H and O–H groups in total. The minimum Gasteiger partial charge on any atom is -0.481 e. The molecular formula is C23H26BrN5O3S. The molecule has 174 valence electrons. The van der Waals surface area contributed by atoms with Gasteiger partial charge in [0.15, 0.2) is 17.1 Å². The van der Waals surface area contributed by atoms with Crippen molar-refractivity contribution in [1.82, 2.24) is 20.1 Å². The van der Waals surface area contributed by atoms with E-state index in [4.69, 9.17) is 4.74 Å². The third-order valence-corrected chi connectivity index (χ3v) is 6.37. The number of anilines is 1. The summed E-state index contributed by atoms with van der Waals surface area (Å²) in [5.41, 5.74) is 1.93. The first-order chi connectivity index (χ1) is 15.9. The van der Waals surface area contributed by atoms with Crippen molar-refractivity contribution in [1.29, 1.82) is 0 Å². The number of aryl methyl sites for hydroxylation is 1. The fraction of sp³-hybridized carbons (Fsp3) is 0.304. The monoisotopic (exact) mass is 531 g/mol. The summed E-state index contributed by atoms with van der Waals surface area (Å²) in [6.45, 7) is 3.99. The summed E-state index contributed by atoms with van der Waals surface area (Å²) >= 11 is 4.64. The van der Waals surface area contributed by atoms with Gasteiger partial charge in [-0.25, -0.2) is 0 Å². The first-order valence-electron chi connectivity index (χ1n) is 10.5. The molecule has 3 aromatic rings. The number of halogens is 1. The number of nitrogens with one attached hydrogen (secondary N) is 2. The van der Waals surface area contributed by atoms with E-state index in [1.165, 1.54) is 17.3 Å². The van der Waals surface area contributed by atoms with E-state index < -0.39 is 6.10 Å². The molecule has 0 aliphatic heterocycles. The van der Waals surface area contributed by atoms with Crippen LogP contribution in [0.3, 0.4) is 0 Å². The minimum atomic E-state index is -0.651. The van der Waals surface area contributed by atoms with Gasteiger partial charge in [0.05, 0.1) is 12.3 Å². The molecule has 8 nitrogen and oxygen atoms in total. The number of rotatable bonds is 10. The van der Waals surface area contributed by atoms with Crippen LogP contribution in [-0.4, -0.2) is 38.4 Å². The Labute approximate surface area is 205 Å². The van der Waals surface area contributed by atoms with Crippen LogP contribution in [0.15, 0.2) is 58.2 Å². The lowest BCUT2D eigenvalue weighted by atomic mass is 10.2. The Hall–Kier alpha value is -2.85. The van der Waals surface area contributed by atoms with Gasteiger partial charge in [-0.3, -0.25) is 9.59 Å². The largest absolute Gasteiger partial charge is 0.481 e. The second kappa shape index (κ2) is 11.9. The molecule has 3 rings (SSSR count). The molecule has 33 heavy (non-hydrogen) atoms. The fourth-order valence-corrected chi connectivity index (χ4v) is 3.85. The molecule has 2 aromatic carbocycles. The number of nitrogens with zero attached hydrogens (tertiary/aromatic N) is 3. The van der Waals surface area contributed by atoms with Gasteiger partial charge < -0.3 is 19.9 Å². The van der Waals surface area contributed by atoms with Crippen molar-refractivity contribution < 1.29 is 14.3 Å². The van der Waals surface area contributed by atoms with Crippen LogP contribution in [-0.2, 0) is 29.6 Å². The summed E-state index contributed by atoms with van der Waals surface area (Å²) in [5.74, 6) is 1.03.